The highest BCUT2D eigenvalue weighted by Gasteiger charge is 2.41. The summed E-state index contributed by atoms with van der Waals surface area (Å²) in [5.74, 6) is -1.91. The highest BCUT2D eigenvalue weighted by molar-refractivity contribution is 6.01. The molecule has 0 aromatic heterocycles. The molecule has 2 amide bonds. The minimum absolute atomic E-state index is 0.0413. The molecule has 0 bridgehead atoms. The maximum absolute atomic E-state index is 13.1. The predicted molar refractivity (Wildman–Crippen MR) is 119 cm³/mol. The van der Waals surface area contributed by atoms with Crippen molar-refractivity contribution in [3.8, 4) is 0 Å². The molecule has 184 valence electrons. The number of imide groups is 1. The summed E-state index contributed by atoms with van der Waals surface area (Å²) in [5, 5.41) is 0.522. The van der Waals surface area contributed by atoms with Crippen molar-refractivity contribution < 1.29 is 33.5 Å². The van der Waals surface area contributed by atoms with Crippen LogP contribution in [0.15, 0.2) is 0 Å². The van der Waals surface area contributed by atoms with Crippen LogP contribution in [0.1, 0.15) is 94.4 Å². The molecule has 1 rings (SSSR count). The largest absolute Gasteiger partial charge is 0.375 e. The zero-order valence-electron chi connectivity index (χ0n) is 21.3. The summed E-state index contributed by atoms with van der Waals surface area (Å²) in [6, 6.07) is 0. The van der Waals surface area contributed by atoms with Gasteiger partial charge in [-0.15, -0.1) is 5.06 Å². The Labute approximate surface area is 192 Å². The van der Waals surface area contributed by atoms with Gasteiger partial charge >= 0.3 is 5.97 Å². The number of hydrogen-bond acceptors (Lipinski definition) is 7. The summed E-state index contributed by atoms with van der Waals surface area (Å²) in [5.41, 5.74) is -2.22. The van der Waals surface area contributed by atoms with Crippen LogP contribution < -0.4 is 0 Å². The molecule has 1 fully saturated rings. The zero-order valence-corrected chi connectivity index (χ0v) is 21.3. The van der Waals surface area contributed by atoms with E-state index < -0.39 is 28.8 Å². The average molecular weight is 456 g/mol. The van der Waals surface area contributed by atoms with Gasteiger partial charge in [-0.05, 0) is 46.0 Å². The number of rotatable bonds is 12. The topological polar surface area (TPSA) is 99.2 Å². The molecule has 0 N–H and O–H groups in total. The third-order valence-electron chi connectivity index (χ3n) is 5.38. The first-order valence-electron chi connectivity index (χ1n) is 11.3. The van der Waals surface area contributed by atoms with Crippen molar-refractivity contribution in [2.24, 2.45) is 10.8 Å². The molecule has 0 unspecified atom stereocenters. The fraction of sp³-hybridized carbons (Fsp3) is 0.833. The van der Waals surface area contributed by atoms with Crippen LogP contribution in [0.2, 0.25) is 0 Å². The van der Waals surface area contributed by atoms with Crippen molar-refractivity contribution >= 4 is 23.6 Å². The summed E-state index contributed by atoms with van der Waals surface area (Å²) < 4.78 is 11.9. The number of ether oxygens (including phenoxy) is 2. The lowest BCUT2D eigenvalue weighted by molar-refractivity contribution is -0.198. The van der Waals surface area contributed by atoms with E-state index in [-0.39, 0.29) is 42.5 Å². The van der Waals surface area contributed by atoms with Crippen LogP contribution in [0.25, 0.3) is 0 Å². The number of carbonyl (C=O) groups is 4. The summed E-state index contributed by atoms with van der Waals surface area (Å²) in [6.07, 6.45) is 0.817. The van der Waals surface area contributed by atoms with E-state index in [4.69, 9.17) is 14.3 Å². The van der Waals surface area contributed by atoms with Gasteiger partial charge in [0.25, 0.3) is 11.8 Å². The number of ketones is 1. The molecule has 0 aromatic rings. The molecule has 1 aliphatic heterocycles. The van der Waals surface area contributed by atoms with Gasteiger partial charge in [0.1, 0.15) is 5.60 Å². The molecule has 1 saturated heterocycles. The quantitative estimate of drug-likeness (QED) is 0.410. The Morgan fingerprint density at radius 1 is 0.844 bits per heavy atom. The van der Waals surface area contributed by atoms with Gasteiger partial charge in [-0.25, -0.2) is 4.79 Å². The number of carbonyl (C=O) groups excluding carboxylic acids is 4. The lowest BCUT2D eigenvalue weighted by Gasteiger charge is -2.35. The van der Waals surface area contributed by atoms with E-state index in [1.54, 1.807) is 27.7 Å². The SMILES string of the molecule is CC(C)(C)COC(C)(C)CCOC(C)(C)C(=O)C(C)(C)CCC(=O)ON1C(=O)CCC1=O. The molecule has 0 atom stereocenters. The Kier molecular flexibility index (Phi) is 9.20. The predicted octanol–water partition coefficient (Wildman–Crippen LogP) is 4.00. The lowest BCUT2D eigenvalue weighted by atomic mass is 9.77. The lowest BCUT2D eigenvalue weighted by Crippen LogP contribution is -2.45. The van der Waals surface area contributed by atoms with Crippen LogP contribution in [0.5, 0.6) is 0 Å². The fourth-order valence-corrected chi connectivity index (χ4v) is 3.25. The molecule has 32 heavy (non-hydrogen) atoms. The number of amides is 2. The molecule has 1 aliphatic rings. The molecule has 0 aromatic carbocycles. The van der Waals surface area contributed by atoms with Crippen LogP contribution in [0, 0.1) is 10.8 Å². The van der Waals surface area contributed by atoms with E-state index in [1.165, 1.54) is 0 Å². The highest BCUT2D eigenvalue weighted by atomic mass is 16.7. The van der Waals surface area contributed by atoms with Crippen molar-refractivity contribution in [2.45, 2.75) is 106 Å². The van der Waals surface area contributed by atoms with Gasteiger partial charge in [-0.3, -0.25) is 14.4 Å². The van der Waals surface area contributed by atoms with Crippen molar-refractivity contribution in [3.63, 3.8) is 0 Å². The number of hydroxylamine groups is 2. The Morgan fingerprint density at radius 2 is 1.38 bits per heavy atom. The van der Waals surface area contributed by atoms with Gasteiger partial charge in [0.2, 0.25) is 0 Å². The van der Waals surface area contributed by atoms with E-state index in [2.05, 4.69) is 20.8 Å². The van der Waals surface area contributed by atoms with Crippen molar-refractivity contribution in [3.05, 3.63) is 0 Å². The summed E-state index contributed by atoms with van der Waals surface area (Å²) in [6.45, 7) is 18.3. The minimum Gasteiger partial charge on any atom is -0.375 e. The Balaban J connectivity index is 2.55. The molecule has 0 spiro atoms. The molecule has 0 aliphatic carbocycles. The van der Waals surface area contributed by atoms with E-state index in [9.17, 15) is 19.2 Å². The number of hydrogen-bond donors (Lipinski definition) is 0. The Bertz CT molecular complexity index is 700. The average Bonchev–Trinajstić information content (AvgIpc) is 2.95. The zero-order chi connectivity index (χ0) is 25.0. The number of nitrogens with zero attached hydrogens (tertiary/aromatic N) is 1. The summed E-state index contributed by atoms with van der Waals surface area (Å²) in [7, 11) is 0. The Morgan fingerprint density at radius 3 is 1.88 bits per heavy atom. The second-order valence-corrected chi connectivity index (χ2v) is 11.5. The molecule has 8 heteroatoms. The molecular weight excluding hydrogens is 414 g/mol. The maximum atomic E-state index is 13.1. The third kappa shape index (κ3) is 8.98. The second-order valence-electron chi connectivity index (χ2n) is 11.5. The first-order chi connectivity index (χ1) is 14.4. The van der Waals surface area contributed by atoms with Gasteiger partial charge < -0.3 is 14.3 Å². The van der Waals surface area contributed by atoms with E-state index >= 15 is 0 Å². The van der Waals surface area contributed by atoms with Gasteiger partial charge in [-0.1, -0.05) is 34.6 Å². The monoisotopic (exact) mass is 455 g/mol. The van der Waals surface area contributed by atoms with Crippen LogP contribution in [0.4, 0.5) is 0 Å². The second kappa shape index (κ2) is 10.4. The number of Topliss-reactive ketones (excluding diaryl/α,β-unsaturated/α-hetero) is 1. The maximum Gasteiger partial charge on any atom is 0.333 e. The van der Waals surface area contributed by atoms with Gasteiger partial charge in [0.15, 0.2) is 5.78 Å². The molecule has 8 nitrogen and oxygen atoms in total. The normalized spacial score (nSPS) is 16.0. The van der Waals surface area contributed by atoms with Crippen LogP contribution in [-0.4, -0.2) is 53.0 Å². The van der Waals surface area contributed by atoms with Crippen molar-refractivity contribution in [1.82, 2.24) is 5.06 Å². The van der Waals surface area contributed by atoms with Crippen LogP contribution >= 0.6 is 0 Å². The molecule has 0 saturated carbocycles. The minimum atomic E-state index is -1.05. The summed E-state index contributed by atoms with van der Waals surface area (Å²) in [4.78, 5) is 53.3. The van der Waals surface area contributed by atoms with Crippen LogP contribution in [-0.2, 0) is 33.5 Å². The Hall–Kier alpha value is -1.80. The van der Waals surface area contributed by atoms with Crippen molar-refractivity contribution in [2.75, 3.05) is 13.2 Å². The van der Waals surface area contributed by atoms with E-state index in [0.29, 0.717) is 24.7 Å². The highest BCUT2D eigenvalue weighted by Crippen LogP contribution is 2.32. The summed E-state index contributed by atoms with van der Waals surface area (Å²) >= 11 is 0. The standard InChI is InChI=1S/C24H41NO7/c1-21(2,3)16-31-23(6,7)14-15-30-24(8,9)20(29)22(4,5)13-12-19(28)32-25-17(26)10-11-18(25)27/h10-16H2,1-9H3. The molecular formula is C24H41NO7. The smallest absolute Gasteiger partial charge is 0.333 e. The van der Waals surface area contributed by atoms with E-state index in [0.717, 1.165) is 0 Å². The van der Waals surface area contributed by atoms with Gasteiger partial charge in [-0.2, -0.15) is 0 Å². The van der Waals surface area contributed by atoms with Gasteiger partial charge in [0, 0.05) is 24.7 Å². The first-order valence-corrected chi connectivity index (χ1v) is 11.3. The van der Waals surface area contributed by atoms with Crippen molar-refractivity contribution in [1.29, 1.82) is 0 Å². The molecule has 1 heterocycles. The first kappa shape index (κ1) is 28.2. The molecule has 0 radical (unpaired) electrons. The third-order valence-corrected chi connectivity index (χ3v) is 5.38. The van der Waals surface area contributed by atoms with Gasteiger partial charge in [0.05, 0.1) is 18.8 Å². The fourth-order valence-electron chi connectivity index (χ4n) is 3.25. The van der Waals surface area contributed by atoms with E-state index in [1.807, 2.05) is 13.8 Å². The van der Waals surface area contributed by atoms with Crippen LogP contribution in [0.3, 0.4) is 0 Å².